The number of likely N-dealkylation sites (N-methyl/N-ethyl adjacent to an activating group) is 1. The third kappa shape index (κ3) is 5.59. The van der Waals surface area contributed by atoms with Gasteiger partial charge in [0.1, 0.15) is 4.21 Å². The fraction of sp³-hybridized carbons (Fsp3) is 0.353. The molecule has 0 radical (unpaired) electrons. The van der Waals surface area contributed by atoms with Gasteiger partial charge in [-0.15, -0.1) is 11.3 Å². The van der Waals surface area contributed by atoms with Crippen LogP contribution in [0.15, 0.2) is 44.9 Å². The summed E-state index contributed by atoms with van der Waals surface area (Å²) in [6.07, 6.45) is 0. The van der Waals surface area contributed by atoms with Crippen LogP contribution in [-0.2, 0) is 16.6 Å². The molecule has 0 bridgehead atoms. The number of sulfonamides is 1. The number of hydrogen-bond acceptors (Lipinski definition) is 6. The summed E-state index contributed by atoms with van der Waals surface area (Å²) in [5.74, 6) is 1.51. The molecule has 148 valence electrons. The van der Waals surface area contributed by atoms with Crippen LogP contribution in [0.4, 0.5) is 0 Å². The lowest BCUT2D eigenvalue weighted by Gasteiger charge is -2.16. The van der Waals surface area contributed by atoms with Crippen LogP contribution < -0.4 is 20.5 Å². The van der Waals surface area contributed by atoms with Gasteiger partial charge in [-0.2, -0.15) is 4.31 Å². The molecule has 0 aliphatic carbocycles. The Bertz CT molecular complexity index is 867. The zero-order valence-corrected chi connectivity index (χ0v) is 17.1. The Morgan fingerprint density at radius 1 is 1.26 bits per heavy atom. The number of rotatable bonds is 9. The van der Waals surface area contributed by atoms with Gasteiger partial charge in [0.25, 0.3) is 10.0 Å². The van der Waals surface area contributed by atoms with Gasteiger partial charge < -0.3 is 20.5 Å². The lowest BCUT2D eigenvalue weighted by Crippen LogP contribution is -2.39. The van der Waals surface area contributed by atoms with Crippen LogP contribution in [-0.4, -0.2) is 53.0 Å². The molecule has 3 N–H and O–H groups in total. The van der Waals surface area contributed by atoms with Crippen molar-refractivity contribution in [1.29, 1.82) is 0 Å². The van der Waals surface area contributed by atoms with E-state index in [1.165, 1.54) is 22.7 Å². The Morgan fingerprint density at radius 3 is 2.63 bits per heavy atom. The average molecular weight is 413 g/mol. The molecule has 0 fully saturated rings. The maximum Gasteiger partial charge on any atom is 0.252 e. The van der Waals surface area contributed by atoms with Crippen molar-refractivity contribution in [3.8, 4) is 11.5 Å². The molecule has 0 amide bonds. The number of nitrogens with zero attached hydrogens (tertiary/aromatic N) is 2. The summed E-state index contributed by atoms with van der Waals surface area (Å²) in [5, 5.41) is 4.66. The predicted molar refractivity (Wildman–Crippen MR) is 107 cm³/mol. The Balaban J connectivity index is 1.86. The molecular formula is C17H24N4O4S2. The van der Waals surface area contributed by atoms with Crippen molar-refractivity contribution in [3.63, 3.8) is 0 Å². The van der Waals surface area contributed by atoms with Gasteiger partial charge in [0.05, 0.1) is 20.8 Å². The van der Waals surface area contributed by atoms with E-state index in [-0.39, 0.29) is 12.5 Å². The highest BCUT2D eigenvalue weighted by Gasteiger charge is 2.21. The Labute approximate surface area is 163 Å². The van der Waals surface area contributed by atoms with Crippen LogP contribution in [0, 0.1) is 0 Å². The highest BCUT2D eigenvalue weighted by Crippen LogP contribution is 2.27. The van der Waals surface area contributed by atoms with E-state index >= 15 is 0 Å². The maximum absolute atomic E-state index is 12.3. The fourth-order valence-electron chi connectivity index (χ4n) is 2.24. The van der Waals surface area contributed by atoms with E-state index in [9.17, 15) is 8.42 Å². The molecule has 0 unspecified atom stereocenters. The maximum atomic E-state index is 12.3. The van der Waals surface area contributed by atoms with Gasteiger partial charge in [-0.25, -0.2) is 13.4 Å². The van der Waals surface area contributed by atoms with Crippen molar-refractivity contribution in [1.82, 2.24) is 9.62 Å². The minimum Gasteiger partial charge on any atom is -0.493 e. The van der Waals surface area contributed by atoms with Gasteiger partial charge in [-0.3, -0.25) is 0 Å². The number of nitrogens with two attached hydrogens (primary N) is 1. The summed E-state index contributed by atoms with van der Waals surface area (Å²) in [6, 6.07) is 8.81. The van der Waals surface area contributed by atoms with Gasteiger partial charge in [0.15, 0.2) is 17.5 Å². The number of benzene rings is 1. The summed E-state index contributed by atoms with van der Waals surface area (Å²) in [4.78, 5) is 4.26. The Kier molecular flexibility index (Phi) is 7.45. The highest BCUT2D eigenvalue weighted by molar-refractivity contribution is 7.91. The van der Waals surface area contributed by atoms with E-state index in [1.54, 1.807) is 37.8 Å². The van der Waals surface area contributed by atoms with Crippen LogP contribution in [0.1, 0.15) is 5.56 Å². The third-order valence-corrected chi connectivity index (χ3v) is 7.00. The van der Waals surface area contributed by atoms with Crippen LogP contribution in [0.25, 0.3) is 0 Å². The monoisotopic (exact) mass is 412 g/mol. The number of thiophene rings is 1. The minimum absolute atomic E-state index is 0.242. The normalized spacial score (nSPS) is 12.2. The molecule has 0 aliphatic heterocycles. The van der Waals surface area contributed by atoms with Crippen LogP contribution in [0.2, 0.25) is 0 Å². The fourth-order valence-corrected chi connectivity index (χ4v) is 4.61. The zero-order chi connectivity index (χ0) is 19.9. The van der Waals surface area contributed by atoms with Gasteiger partial charge in [0.2, 0.25) is 0 Å². The van der Waals surface area contributed by atoms with Crippen LogP contribution in [0.5, 0.6) is 11.5 Å². The first-order valence-corrected chi connectivity index (χ1v) is 10.4. The van der Waals surface area contributed by atoms with Crippen molar-refractivity contribution in [2.75, 3.05) is 34.4 Å². The summed E-state index contributed by atoms with van der Waals surface area (Å²) in [5.41, 5.74) is 6.77. The quantitative estimate of drug-likeness (QED) is 0.477. The molecule has 0 saturated carbocycles. The summed E-state index contributed by atoms with van der Waals surface area (Å²) in [6.45, 7) is 0.984. The minimum atomic E-state index is -3.46. The van der Waals surface area contributed by atoms with E-state index in [0.29, 0.717) is 28.8 Å². The lowest BCUT2D eigenvalue weighted by atomic mass is 10.2. The molecule has 2 rings (SSSR count). The van der Waals surface area contributed by atoms with E-state index in [4.69, 9.17) is 15.2 Å². The number of guanidine groups is 1. The SMILES string of the molecule is COc1ccc(CN=C(N)NCCN(C)S(=O)(=O)c2cccs2)cc1OC. The number of hydrogen-bond donors (Lipinski definition) is 2. The average Bonchev–Trinajstić information content (AvgIpc) is 3.21. The van der Waals surface area contributed by atoms with Crippen molar-refractivity contribution in [2.24, 2.45) is 10.7 Å². The first-order chi connectivity index (χ1) is 12.9. The van der Waals surface area contributed by atoms with Gasteiger partial charge in [-0.05, 0) is 29.1 Å². The molecule has 0 aliphatic rings. The molecule has 27 heavy (non-hydrogen) atoms. The molecule has 0 atom stereocenters. The van der Waals surface area contributed by atoms with Gasteiger partial charge >= 0.3 is 0 Å². The van der Waals surface area contributed by atoms with Crippen molar-refractivity contribution < 1.29 is 17.9 Å². The van der Waals surface area contributed by atoms with E-state index in [2.05, 4.69) is 10.3 Å². The molecule has 1 heterocycles. The van der Waals surface area contributed by atoms with Crippen LogP contribution in [0.3, 0.4) is 0 Å². The molecule has 2 aromatic rings. The third-order valence-electron chi connectivity index (χ3n) is 3.77. The summed E-state index contributed by atoms with van der Waals surface area (Å²) < 4.78 is 36.7. The molecule has 10 heteroatoms. The zero-order valence-electron chi connectivity index (χ0n) is 15.5. The second-order valence-electron chi connectivity index (χ2n) is 5.58. The van der Waals surface area contributed by atoms with Crippen molar-refractivity contribution >= 4 is 27.3 Å². The van der Waals surface area contributed by atoms with Gasteiger partial charge in [-0.1, -0.05) is 12.1 Å². The molecule has 1 aromatic carbocycles. The molecule has 0 saturated heterocycles. The topological polar surface area (TPSA) is 106 Å². The summed E-state index contributed by atoms with van der Waals surface area (Å²) in [7, 11) is 1.23. The predicted octanol–water partition coefficient (Wildman–Crippen LogP) is 1.49. The number of nitrogens with one attached hydrogen (secondary N) is 1. The number of ether oxygens (including phenoxy) is 2. The number of methoxy groups -OCH3 is 2. The first-order valence-electron chi connectivity index (χ1n) is 8.13. The molecular weight excluding hydrogens is 388 g/mol. The van der Waals surface area contributed by atoms with Crippen molar-refractivity contribution in [3.05, 3.63) is 41.3 Å². The van der Waals surface area contributed by atoms with Crippen molar-refractivity contribution in [2.45, 2.75) is 10.8 Å². The van der Waals surface area contributed by atoms with E-state index in [0.717, 1.165) is 5.56 Å². The van der Waals surface area contributed by atoms with Gasteiger partial charge in [0, 0.05) is 20.1 Å². The molecule has 1 aromatic heterocycles. The second-order valence-corrected chi connectivity index (χ2v) is 8.80. The second kappa shape index (κ2) is 9.58. The lowest BCUT2D eigenvalue weighted by molar-refractivity contribution is 0.354. The van der Waals surface area contributed by atoms with E-state index < -0.39 is 10.0 Å². The molecule has 8 nitrogen and oxygen atoms in total. The smallest absolute Gasteiger partial charge is 0.252 e. The van der Waals surface area contributed by atoms with Crippen LogP contribution >= 0.6 is 11.3 Å². The standard InChI is InChI=1S/C17H24N4O4S2/c1-21(27(22,23)16-5-4-10-26-16)9-8-19-17(18)20-12-13-6-7-14(24-2)15(11-13)25-3/h4-7,10-11H,8-9,12H2,1-3H3,(H3,18,19,20). The number of aliphatic imine (C=N–C) groups is 1. The largest absolute Gasteiger partial charge is 0.493 e. The highest BCUT2D eigenvalue weighted by atomic mass is 32.2. The summed E-state index contributed by atoms with van der Waals surface area (Å²) >= 11 is 1.19. The first kappa shape index (κ1) is 21.0. The molecule has 0 spiro atoms. The Hall–Kier alpha value is -2.30. The van der Waals surface area contributed by atoms with E-state index in [1.807, 2.05) is 12.1 Å². The Morgan fingerprint density at radius 2 is 2.00 bits per heavy atom.